The van der Waals surface area contributed by atoms with Crippen molar-refractivity contribution in [1.29, 1.82) is 0 Å². The van der Waals surface area contributed by atoms with Crippen molar-refractivity contribution in [2.24, 2.45) is 0 Å². The maximum Gasteiger partial charge on any atom is 0.335 e. The normalized spacial score (nSPS) is 14.5. The fourth-order valence-electron chi connectivity index (χ4n) is 2.51. The van der Waals surface area contributed by atoms with Crippen LogP contribution in [0.2, 0.25) is 0 Å². The lowest BCUT2D eigenvalue weighted by Crippen LogP contribution is -2.04. The molecule has 1 aromatic carbocycles. The Morgan fingerprint density at radius 1 is 1.19 bits per heavy atom. The number of nitrogens with one attached hydrogen (secondary N) is 1. The number of rotatable bonds is 3. The number of fused-ring (bicyclic) bond motifs is 3. The van der Waals surface area contributed by atoms with E-state index in [0.717, 1.165) is 34.8 Å². The lowest BCUT2D eigenvalue weighted by molar-refractivity contribution is 0.0697. The number of pyridine rings is 2. The van der Waals surface area contributed by atoms with Crippen molar-refractivity contribution in [1.82, 2.24) is 9.97 Å². The third-order valence-corrected chi connectivity index (χ3v) is 3.76. The van der Waals surface area contributed by atoms with Gasteiger partial charge >= 0.3 is 5.97 Å². The Kier molecular flexibility index (Phi) is 2.54. The maximum absolute atomic E-state index is 11.1. The number of aromatic carboxylic acids is 1. The molecule has 2 aromatic heterocycles. The fourth-order valence-corrected chi connectivity index (χ4v) is 2.51. The molecule has 104 valence electrons. The monoisotopic (exact) mass is 279 g/mol. The van der Waals surface area contributed by atoms with Crippen molar-refractivity contribution in [3.63, 3.8) is 0 Å². The van der Waals surface area contributed by atoms with E-state index in [1.165, 1.54) is 0 Å². The van der Waals surface area contributed by atoms with E-state index in [2.05, 4.69) is 15.3 Å². The van der Waals surface area contributed by atoms with Gasteiger partial charge in [-0.1, -0.05) is 6.07 Å². The van der Waals surface area contributed by atoms with Gasteiger partial charge in [0.2, 0.25) is 0 Å². The molecule has 2 heterocycles. The fraction of sp³-hybridized carbons (Fsp3) is 0.188. The van der Waals surface area contributed by atoms with Crippen LogP contribution in [-0.4, -0.2) is 27.1 Å². The highest BCUT2D eigenvalue weighted by Crippen LogP contribution is 2.32. The van der Waals surface area contributed by atoms with Crippen LogP contribution in [0.3, 0.4) is 0 Å². The topological polar surface area (TPSA) is 75.1 Å². The first kappa shape index (κ1) is 12.1. The minimum atomic E-state index is -0.943. The number of nitrogens with zero attached hydrogens (tertiary/aromatic N) is 2. The molecule has 21 heavy (non-hydrogen) atoms. The molecule has 0 bridgehead atoms. The van der Waals surface area contributed by atoms with E-state index in [1.54, 1.807) is 30.6 Å². The number of carbonyl (C=O) groups is 1. The Hall–Kier alpha value is -2.69. The third-order valence-electron chi connectivity index (χ3n) is 3.76. The Morgan fingerprint density at radius 3 is 2.81 bits per heavy atom. The molecule has 1 saturated carbocycles. The van der Waals surface area contributed by atoms with Crippen LogP contribution in [0.15, 0.2) is 36.7 Å². The summed E-state index contributed by atoms with van der Waals surface area (Å²) in [5.74, 6) is -0.133. The van der Waals surface area contributed by atoms with Crippen LogP contribution < -0.4 is 5.32 Å². The van der Waals surface area contributed by atoms with Crippen LogP contribution in [0, 0.1) is 0 Å². The van der Waals surface area contributed by atoms with E-state index in [1.807, 2.05) is 6.07 Å². The first-order valence-electron chi connectivity index (χ1n) is 6.90. The van der Waals surface area contributed by atoms with Gasteiger partial charge in [-0.25, -0.2) is 9.78 Å². The quantitative estimate of drug-likeness (QED) is 0.721. The Bertz CT molecular complexity index is 872. The summed E-state index contributed by atoms with van der Waals surface area (Å²) in [6.45, 7) is 0. The molecule has 5 nitrogen and oxygen atoms in total. The van der Waals surface area contributed by atoms with E-state index in [-0.39, 0.29) is 5.56 Å². The molecular formula is C16H13N3O2. The van der Waals surface area contributed by atoms with Gasteiger partial charge in [-0.15, -0.1) is 0 Å². The second kappa shape index (κ2) is 4.41. The van der Waals surface area contributed by atoms with Crippen molar-refractivity contribution in [3.05, 3.63) is 42.2 Å². The summed E-state index contributed by atoms with van der Waals surface area (Å²) in [4.78, 5) is 19.9. The van der Waals surface area contributed by atoms with E-state index in [9.17, 15) is 4.79 Å². The molecule has 1 fully saturated rings. The predicted molar refractivity (Wildman–Crippen MR) is 80.6 cm³/mol. The predicted octanol–water partition coefficient (Wildman–Crippen LogP) is 3.06. The molecule has 0 spiro atoms. The van der Waals surface area contributed by atoms with Gasteiger partial charge in [-0.05, 0) is 31.0 Å². The summed E-state index contributed by atoms with van der Waals surface area (Å²) in [5.41, 5.74) is 0.925. The molecule has 1 aliphatic carbocycles. The van der Waals surface area contributed by atoms with Gasteiger partial charge in [0.1, 0.15) is 5.82 Å². The minimum Gasteiger partial charge on any atom is -0.478 e. The first-order valence-corrected chi connectivity index (χ1v) is 6.90. The largest absolute Gasteiger partial charge is 0.478 e. The van der Waals surface area contributed by atoms with Gasteiger partial charge in [-0.2, -0.15) is 0 Å². The molecule has 2 N–H and O–H groups in total. The molecular weight excluding hydrogens is 266 g/mol. The summed E-state index contributed by atoms with van der Waals surface area (Å²) in [5, 5.41) is 15.5. The smallest absolute Gasteiger partial charge is 0.335 e. The van der Waals surface area contributed by atoms with Crippen LogP contribution in [0.1, 0.15) is 23.2 Å². The van der Waals surface area contributed by atoms with Crippen LogP contribution in [-0.2, 0) is 0 Å². The van der Waals surface area contributed by atoms with E-state index in [4.69, 9.17) is 5.11 Å². The van der Waals surface area contributed by atoms with E-state index < -0.39 is 5.97 Å². The van der Waals surface area contributed by atoms with Gasteiger partial charge in [-0.3, -0.25) is 4.98 Å². The number of benzene rings is 1. The number of carboxylic acids is 1. The lowest BCUT2D eigenvalue weighted by atomic mass is 10.1. The standard InChI is InChI=1S/C16H13N3O2/c20-16(21)9-1-4-11-13-8-17-6-5-12(13)15(18-10-2-3-10)19-14(11)7-9/h1,4-8,10H,2-3H2,(H,18,19)(H,20,21). The SMILES string of the molecule is O=C(O)c1ccc2c(c1)nc(NC1CC1)c1ccncc12. The molecule has 0 unspecified atom stereocenters. The van der Waals surface area contributed by atoms with Crippen LogP contribution in [0.5, 0.6) is 0 Å². The van der Waals surface area contributed by atoms with Crippen molar-refractivity contribution in [2.45, 2.75) is 18.9 Å². The molecule has 0 amide bonds. The van der Waals surface area contributed by atoms with Crippen molar-refractivity contribution >= 4 is 33.5 Å². The van der Waals surface area contributed by atoms with Gasteiger partial charge in [0.05, 0.1) is 11.1 Å². The van der Waals surface area contributed by atoms with Crippen LogP contribution in [0.25, 0.3) is 21.7 Å². The Labute approximate surface area is 120 Å². The molecule has 3 aromatic rings. The molecule has 4 rings (SSSR count). The highest BCUT2D eigenvalue weighted by atomic mass is 16.4. The molecule has 1 aliphatic rings. The average molecular weight is 279 g/mol. The molecule has 0 saturated heterocycles. The number of hydrogen-bond donors (Lipinski definition) is 2. The first-order chi connectivity index (χ1) is 10.2. The number of hydrogen-bond acceptors (Lipinski definition) is 4. The zero-order chi connectivity index (χ0) is 14.4. The molecule has 0 radical (unpaired) electrons. The number of anilines is 1. The molecule has 5 heteroatoms. The summed E-state index contributed by atoms with van der Waals surface area (Å²) in [7, 11) is 0. The third kappa shape index (κ3) is 2.07. The average Bonchev–Trinajstić information content (AvgIpc) is 3.31. The van der Waals surface area contributed by atoms with Gasteiger partial charge in [0.15, 0.2) is 0 Å². The number of aromatic nitrogens is 2. The Balaban J connectivity index is 2.02. The second-order valence-corrected chi connectivity index (χ2v) is 5.34. The van der Waals surface area contributed by atoms with Crippen LogP contribution in [0.4, 0.5) is 5.82 Å². The van der Waals surface area contributed by atoms with Gasteiger partial charge in [0, 0.05) is 34.6 Å². The molecule has 0 atom stereocenters. The zero-order valence-electron chi connectivity index (χ0n) is 11.2. The molecule has 0 aliphatic heterocycles. The van der Waals surface area contributed by atoms with Crippen LogP contribution >= 0.6 is 0 Å². The van der Waals surface area contributed by atoms with E-state index in [0.29, 0.717) is 11.6 Å². The lowest BCUT2D eigenvalue weighted by Gasteiger charge is -2.11. The van der Waals surface area contributed by atoms with Gasteiger partial charge in [0.25, 0.3) is 0 Å². The number of carboxylic acid groups (broad SMARTS) is 1. The zero-order valence-corrected chi connectivity index (χ0v) is 11.2. The maximum atomic E-state index is 11.1. The summed E-state index contributed by atoms with van der Waals surface area (Å²) in [6.07, 6.45) is 5.86. The Morgan fingerprint density at radius 2 is 2.05 bits per heavy atom. The highest BCUT2D eigenvalue weighted by molar-refractivity contribution is 6.10. The van der Waals surface area contributed by atoms with Crippen molar-refractivity contribution in [3.8, 4) is 0 Å². The second-order valence-electron chi connectivity index (χ2n) is 5.34. The minimum absolute atomic E-state index is 0.246. The van der Waals surface area contributed by atoms with Crippen molar-refractivity contribution in [2.75, 3.05) is 5.32 Å². The summed E-state index contributed by atoms with van der Waals surface area (Å²) < 4.78 is 0. The van der Waals surface area contributed by atoms with E-state index >= 15 is 0 Å². The van der Waals surface area contributed by atoms with Crippen molar-refractivity contribution < 1.29 is 9.90 Å². The highest BCUT2D eigenvalue weighted by Gasteiger charge is 2.22. The van der Waals surface area contributed by atoms with Gasteiger partial charge < -0.3 is 10.4 Å². The summed E-state index contributed by atoms with van der Waals surface area (Å²) in [6, 6.07) is 7.44. The summed E-state index contributed by atoms with van der Waals surface area (Å²) >= 11 is 0.